The fourth-order valence-corrected chi connectivity index (χ4v) is 7.60. The van der Waals surface area contributed by atoms with Gasteiger partial charge < -0.3 is 65.1 Å². The van der Waals surface area contributed by atoms with E-state index in [0.29, 0.717) is 12.8 Å². The Bertz CT molecular complexity index is 1170. The maximum Gasteiger partial charge on any atom is 0.220 e. The highest BCUT2D eigenvalue weighted by atomic mass is 16.7. The van der Waals surface area contributed by atoms with Gasteiger partial charge in [-0.3, -0.25) is 4.79 Å². The zero-order valence-electron chi connectivity index (χ0n) is 37.4. The summed E-state index contributed by atoms with van der Waals surface area (Å²) < 4.78 is 22.6. The lowest BCUT2D eigenvalue weighted by molar-refractivity contribution is -0.359. The van der Waals surface area contributed by atoms with Crippen LogP contribution in [0.25, 0.3) is 0 Å². The summed E-state index contributed by atoms with van der Waals surface area (Å²) >= 11 is 0. The van der Waals surface area contributed by atoms with Crippen LogP contribution in [0.1, 0.15) is 162 Å². The SMILES string of the molecule is CCC/C=C\CCCCCCCC(=O)NC(COC1OC(CO)C(OC2OC(CO)C(O)C(O)C2O)C(O)C1O)C(O)/C=C/CC/C=C/CCCCCCCCCCCCC. The third-order valence-corrected chi connectivity index (χ3v) is 11.5. The minimum Gasteiger partial charge on any atom is -0.394 e. The van der Waals surface area contributed by atoms with Crippen molar-refractivity contribution in [1.82, 2.24) is 5.32 Å². The number of hydrogen-bond acceptors (Lipinski definition) is 13. The van der Waals surface area contributed by atoms with Gasteiger partial charge in [0.1, 0.15) is 48.8 Å². The average Bonchev–Trinajstić information content (AvgIpc) is 3.26. The van der Waals surface area contributed by atoms with Gasteiger partial charge in [-0.25, -0.2) is 0 Å². The van der Waals surface area contributed by atoms with Gasteiger partial charge in [0.15, 0.2) is 12.6 Å². The van der Waals surface area contributed by atoms with Gasteiger partial charge in [0.05, 0.1) is 32.0 Å². The molecule has 0 aromatic carbocycles. The van der Waals surface area contributed by atoms with Crippen LogP contribution in [0.2, 0.25) is 0 Å². The van der Waals surface area contributed by atoms with E-state index in [9.17, 15) is 45.6 Å². The molecule has 0 aromatic heterocycles. The smallest absolute Gasteiger partial charge is 0.220 e. The van der Waals surface area contributed by atoms with Gasteiger partial charge >= 0.3 is 0 Å². The number of nitrogens with one attached hydrogen (secondary N) is 1. The van der Waals surface area contributed by atoms with Gasteiger partial charge in [0.25, 0.3) is 0 Å². The van der Waals surface area contributed by atoms with Crippen molar-refractivity contribution in [3.63, 3.8) is 0 Å². The number of hydrogen-bond donors (Lipinski definition) is 9. The molecule has 14 heteroatoms. The third kappa shape index (κ3) is 22.6. The number of aliphatic hydroxyl groups excluding tert-OH is 8. The Labute approximate surface area is 366 Å². The summed E-state index contributed by atoms with van der Waals surface area (Å²) in [6.07, 6.45) is 20.6. The number of allylic oxidation sites excluding steroid dienone is 5. The Hall–Kier alpha value is -1.79. The lowest BCUT2D eigenvalue weighted by atomic mass is 9.97. The Morgan fingerprint density at radius 3 is 1.67 bits per heavy atom. The number of aliphatic hydroxyl groups is 8. The molecule has 9 N–H and O–H groups in total. The minimum absolute atomic E-state index is 0.262. The van der Waals surface area contributed by atoms with E-state index in [1.54, 1.807) is 6.08 Å². The number of amides is 1. The Morgan fingerprint density at radius 1 is 0.574 bits per heavy atom. The molecule has 0 aromatic rings. The second-order valence-corrected chi connectivity index (χ2v) is 16.9. The molecule has 12 unspecified atom stereocenters. The van der Waals surface area contributed by atoms with Crippen molar-refractivity contribution in [3.05, 3.63) is 36.5 Å². The predicted octanol–water partition coefficient (Wildman–Crippen LogP) is 5.15. The van der Waals surface area contributed by atoms with Crippen LogP contribution in [0.3, 0.4) is 0 Å². The number of rotatable bonds is 35. The Balaban J connectivity index is 1.90. The lowest BCUT2D eigenvalue weighted by Crippen LogP contribution is -2.65. The van der Waals surface area contributed by atoms with Crippen molar-refractivity contribution >= 4 is 5.91 Å². The van der Waals surface area contributed by atoms with Gasteiger partial charge in [0, 0.05) is 6.42 Å². The van der Waals surface area contributed by atoms with Gasteiger partial charge in [0.2, 0.25) is 5.91 Å². The summed E-state index contributed by atoms with van der Waals surface area (Å²) in [5, 5.41) is 86.4. The first-order chi connectivity index (χ1) is 29.6. The molecule has 356 valence electrons. The van der Waals surface area contributed by atoms with Gasteiger partial charge in [-0.05, 0) is 51.4 Å². The number of ether oxygens (including phenoxy) is 4. The number of unbranched alkanes of at least 4 members (excludes halogenated alkanes) is 18. The molecule has 0 saturated carbocycles. The summed E-state index contributed by atoms with van der Waals surface area (Å²) in [5.41, 5.74) is 0. The highest BCUT2D eigenvalue weighted by molar-refractivity contribution is 5.76. The topological polar surface area (TPSA) is 228 Å². The molecule has 0 aliphatic carbocycles. The van der Waals surface area contributed by atoms with Crippen LogP contribution in [0.4, 0.5) is 0 Å². The van der Waals surface area contributed by atoms with Gasteiger partial charge in [-0.1, -0.05) is 140 Å². The van der Waals surface area contributed by atoms with Crippen LogP contribution in [0.5, 0.6) is 0 Å². The molecule has 14 nitrogen and oxygen atoms in total. The van der Waals surface area contributed by atoms with Crippen molar-refractivity contribution in [1.29, 1.82) is 0 Å². The minimum atomic E-state index is -1.79. The van der Waals surface area contributed by atoms with Crippen molar-refractivity contribution in [2.75, 3.05) is 19.8 Å². The predicted molar refractivity (Wildman–Crippen MR) is 235 cm³/mol. The summed E-state index contributed by atoms with van der Waals surface area (Å²) in [4.78, 5) is 13.1. The molecule has 0 bridgehead atoms. The highest BCUT2D eigenvalue weighted by Crippen LogP contribution is 2.30. The Morgan fingerprint density at radius 2 is 1.08 bits per heavy atom. The largest absolute Gasteiger partial charge is 0.394 e. The van der Waals surface area contributed by atoms with Crippen molar-refractivity contribution < 1.29 is 64.6 Å². The first-order valence-corrected chi connectivity index (χ1v) is 23.7. The molecule has 2 rings (SSSR count). The Kier molecular flexibility index (Phi) is 31.4. The normalized spacial score (nSPS) is 28.3. The maximum atomic E-state index is 13.1. The zero-order valence-corrected chi connectivity index (χ0v) is 37.4. The van der Waals surface area contributed by atoms with Crippen LogP contribution in [-0.2, 0) is 23.7 Å². The second-order valence-electron chi connectivity index (χ2n) is 16.9. The third-order valence-electron chi connectivity index (χ3n) is 11.5. The van der Waals surface area contributed by atoms with E-state index in [2.05, 4.69) is 43.5 Å². The molecular formula is C47H85NO13. The molecule has 0 spiro atoms. The number of carbonyl (C=O) groups excluding carboxylic acids is 1. The summed E-state index contributed by atoms with van der Waals surface area (Å²) in [6, 6.07) is -0.932. The van der Waals surface area contributed by atoms with E-state index in [1.807, 2.05) is 6.08 Å². The van der Waals surface area contributed by atoms with Crippen LogP contribution >= 0.6 is 0 Å². The summed E-state index contributed by atoms with van der Waals surface area (Å²) in [7, 11) is 0. The number of carbonyl (C=O) groups is 1. The maximum absolute atomic E-state index is 13.1. The van der Waals surface area contributed by atoms with Crippen molar-refractivity contribution in [3.8, 4) is 0 Å². The quantitative estimate of drug-likeness (QED) is 0.0297. The van der Waals surface area contributed by atoms with Gasteiger partial charge in [-0.2, -0.15) is 0 Å². The molecule has 1 amide bonds. The monoisotopic (exact) mass is 872 g/mol. The molecule has 61 heavy (non-hydrogen) atoms. The fraction of sp³-hybridized carbons (Fsp3) is 0.851. The molecule has 2 saturated heterocycles. The second kappa shape index (κ2) is 34.6. The van der Waals surface area contributed by atoms with Crippen LogP contribution in [0.15, 0.2) is 36.5 Å². The molecule has 2 aliphatic heterocycles. The molecule has 2 fully saturated rings. The molecule has 2 aliphatic rings. The van der Waals surface area contributed by atoms with Crippen molar-refractivity contribution in [2.24, 2.45) is 0 Å². The van der Waals surface area contributed by atoms with E-state index < -0.39 is 86.8 Å². The van der Waals surface area contributed by atoms with E-state index in [0.717, 1.165) is 57.8 Å². The molecule has 12 atom stereocenters. The van der Waals surface area contributed by atoms with E-state index >= 15 is 0 Å². The average molecular weight is 872 g/mol. The first-order valence-electron chi connectivity index (χ1n) is 23.7. The molecule has 0 radical (unpaired) electrons. The summed E-state index contributed by atoms with van der Waals surface area (Å²) in [6.45, 7) is 2.67. The highest BCUT2D eigenvalue weighted by Gasteiger charge is 2.50. The first kappa shape index (κ1) is 55.3. The molecule has 2 heterocycles. The van der Waals surface area contributed by atoms with Gasteiger partial charge in [-0.15, -0.1) is 0 Å². The zero-order chi connectivity index (χ0) is 44.7. The van der Waals surface area contributed by atoms with E-state index in [4.69, 9.17) is 18.9 Å². The van der Waals surface area contributed by atoms with E-state index in [-0.39, 0.29) is 18.9 Å². The summed E-state index contributed by atoms with van der Waals surface area (Å²) in [5.74, 6) is -0.264. The van der Waals surface area contributed by atoms with Crippen LogP contribution < -0.4 is 5.32 Å². The standard InChI is InChI=1S/C47H85NO13/c1-3-5-7-9-11-13-15-16-17-18-19-20-21-22-24-26-28-30-36(51)35(48-39(52)31-29-27-25-23-14-12-10-8-6-4-2)34-58-46-44(57)42(55)45(38(33-50)60-46)61-47-43(56)41(54)40(53)37(32-49)59-47/h8,10,21-22,28,30,35-38,40-47,49-51,53-57H,3-7,9,11-20,23-27,29,31-34H2,1-2H3,(H,48,52)/b10-8-,22-21+,30-28+. The lowest BCUT2D eigenvalue weighted by Gasteiger charge is -2.46. The van der Waals surface area contributed by atoms with Crippen LogP contribution in [-0.4, -0.2) is 140 Å². The van der Waals surface area contributed by atoms with E-state index in [1.165, 1.54) is 70.6 Å². The molecular weight excluding hydrogens is 787 g/mol. The fourth-order valence-electron chi connectivity index (χ4n) is 7.60. The van der Waals surface area contributed by atoms with Crippen LogP contribution in [0, 0.1) is 0 Å². The van der Waals surface area contributed by atoms with Crippen molar-refractivity contribution in [2.45, 2.75) is 235 Å².